The van der Waals surface area contributed by atoms with E-state index < -0.39 is 16.1 Å². The van der Waals surface area contributed by atoms with Gasteiger partial charge in [0.1, 0.15) is 29.9 Å². The Labute approximate surface area is 185 Å². The Morgan fingerprint density at radius 3 is 2.81 bits per heavy atom. The summed E-state index contributed by atoms with van der Waals surface area (Å²) in [7, 11) is -3.37. The van der Waals surface area contributed by atoms with Crippen LogP contribution < -0.4 is 14.8 Å². The molecule has 4 aromatic rings. The number of sulfonamides is 1. The van der Waals surface area contributed by atoms with Crippen molar-refractivity contribution in [2.45, 2.75) is 6.10 Å². The van der Waals surface area contributed by atoms with Gasteiger partial charge in [-0.15, -0.1) is 0 Å². The van der Waals surface area contributed by atoms with Crippen molar-refractivity contribution in [2.75, 3.05) is 30.7 Å². The molecule has 10 heteroatoms. The van der Waals surface area contributed by atoms with E-state index in [2.05, 4.69) is 15.2 Å². The number of nitrogens with one attached hydrogen (secondary N) is 2. The molecule has 32 heavy (non-hydrogen) atoms. The van der Waals surface area contributed by atoms with Crippen LogP contribution in [0.3, 0.4) is 0 Å². The van der Waals surface area contributed by atoms with Crippen molar-refractivity contribution in [3.63, 3.8) is 0 Å². The second-order valence-corrected chi connectivity index (χ2v) is 9.01. The minimum absolute atomic E-state index is 0.296. The summed E-state index contributed by atoms with van der Waals surface area (Å²) in [5, 5.41) is 18.3. The van der Waals surface area contributed by atoms with Crippen LogP contribution in [0, 0.1) is 0 Å². The highest BCUT2D eigenvalue weighted by atomic mass is 32.2. The highest BCUT2D eigenvalue weighted by molar-refractivity contribution is 7.92. The van der Waals surface area contributed by atoms with E-state index in [1.807, 2.05) is 24.3 Å². The molecule has 0 fully saturated rings. The molecule has 0 saturated heterocycles. The molecule has 0 amide bonds. The van der Waals surface area contributed by atoms with Gasteiger partial charge in [0.05, 0.1) is 12.4 Å². The van der Waals surface area contributed by atoms with Crippen molar-refractivity contribution in [3.05, 3.63) is 66.4 Å². The van der Waals surface area contributed by atoms with Crippen LogP contribution in [0.5, 0.6) is 5.75 Å². The van der Waals surface area contributed by atoms with Crippen molar-refractivity contribution in [1.29, 1.82) is 0 Å². The molecular formula is C22H23N3O6S. The molecule has 1 atom stereocenters. The minimum atomic E-state index is -3.37. The van der Waals surface area contributed by atoms with Crippen LogP contribution in [0.4, 0.5) is 5.69 Å². The number of fused-ring (bicyclic) bond motifs is 1. The predicted molar refractivity (Wildman–Crippen MR) is 120 cm³/mol. The zero-order valence-electron chi connectivity index (χ0n) is 17.3. The van der Waals surface area contributed by atoms with E-state index in [1.54, 1.807) is 30.3 Å². The molecule has 168 valence electrons. The largest absolute Gasteiger partial charge is 0.492 e. The molecule has 2 aromatic heterocycles. The quantitative estimate of drug-likeness (QED) is 0.310. The number of hydrogen-bond donors (Lipinski definition) is 3. The highest BCUT2D eigenvalue weighted by Gasteiger charge is 2.11. The van der Waals surface area contributed by atoms with Crippen LogP contribution in [0.25, 0.3) is 22.4 Å². The molecule has 1 unspecified atom stereocenters. The van der Waals surface area contributed by atoms with E-state index in [9.17, 15) is 13.5 Å². The summed E-state index contributed by atoms with van der Waals surface area (Å²) in [6.07, 6.45) is 1.78. The smallest absolute Gasteiger partial charge is 0.229 e. The molecule has 3 N–H and O–H groups in total. The average molecular weight is 458 g/mol. The summed E-state index contributed by atoms with van der Waals surface area (Å²) < 4.78 is 41.5. The van der Waals surface area contributed by atoms with Crippen molar-refractivity contribution in [3.8, 4) is 17.2 Å². The van der Waals surface area contributed by atoms with Crippen LogP contribution in [-0.2, 0) is 10.0 Å². The van der Waals surface area contributed by atoms with Gasteiger partial charge in [-0.05, 0) is 35.9 Å². The third kappa shape index (κ3) is 5.67. The molecule has 0 aliphatic heterocycles. The van der Waals surface area contributed by atoms with E-state index in [4.69, 9.17) is 13.7 Å². The Bertz CT molecular complexity index is 1280. The molecule has 4 rings (SSSR count). The lowest BCUT2D eigenvalue weighted by Crippen LogP contribution is -2.26. The molecular weight excluding hydrogens is 434 g/mol. The Hall–Kier alpha value is -3.34. The number of hydrogen-bond acceptors (Lipinski definition) is 8. The molecule has 0 spiro atoms. The van der Waals surface area contributed by atoms with Crippen LogP contribution in [0.15, 0.2) is 69.8 Å². The number of anilines is 1. The molecule has 0 aliphatic rings. The number of aromatic nitrogens is 1. The first-order valence-electron chi connectivity index (χ1n) is 9.91. The van der Waals surface area contributed by atoms with Gasteiger partial charge in [0.25, 0.3) is 0 Å². The van der Waals surface area contributed by atoms with Crippen molar-refractivity contribution >= 4 is 26.7 Å². The van der Waals surface area contributed by atoms with Crippen LogP contribution in [0.2, 0.25) is 0 Å². The number of ether oxygens (including phenoxy) is 1. The lowest BCUT2D eigenvalue weighted by Gasteiger charge is -2.14. The van der Waals surface area contributed by atoms with Gasteiger partial charge < -0.3 is 24.1 Å². The highest BCUT2D eigenvalue weighted by Crippen LogP contribution is 2.29. The van der Waals surface area contributed by atoms with Gasteiger partial charge >= 0.3 is 0 Å². The standard InChI is InChI=1S/C22H23N3O6S/c1-32(27,28)25-17-4-2-3-15(11-17)20(26)14-23-8-10-29-18-6-5-16-12-22(31-21(16)13-18)19-7-9-30-24-19/h2-7,9,11-13,20,23,25-26H,8,10,14H2,1H3. The zero-order valence-corrected chi connectivity index (χ0v) is 18.1. The fourth-order valence-corrected chi connectivity index (χ4v) is 3.74. The van der Waals surface area contributed by atoms with Gasteiger partial charge in [-0.25, -0.2) is 8.42 Å². The van der Waals surface area contributed by atoms with Crippen LogP contribution >= 0.6 is 0 Å². The molecule has 2 heterocycles. The van der Waals surface area contributed by atoms with Gasteiger partial charge in [0.15, 0.2) is 5.76 Å². The SMILES string of the molecule is CS(=O)(=O)Nc1cccc(C(O)CNCCOc2ccc3cc(-c4ccon4)oc3c2)c1. The molecule has 2 aromatic carbocycles. The summed E-state index contributed by atoms with van der Waals surface area (Å²) in [6.45, 7) is 1.20. The number of rotatable bonds is 10. The fraction of sp³-hybridized carbons (Fsp3) is 0.227. The predicted octanol–water partition coefficient (Wildman–Crippen LogP) is 3.16. The van der Waals surface area contributed by atoms with Crippen molar-refractivity contribution in [1.82, 2.24) is 10.5 Å². The Morgan fingerprint density at radius 2 is 2.03 bits per heavy atom. The molecule has 0 radical (unpaired) electrons. The second-order valence-electron chi connectivity index (χ2n) is 7.26. The van der Waals surface area contributed by atoms with Crippen LogP contribution in [0.1, 0.15) is 11.7 Å². The Balaban J connectivity index is 1.25. The number of aliphatic hydroxyl groups excluding tert-OH is 1. The Morgan fingerprint density at radius 1 is 1.16 bits per heavy atom. The van der Waals surface area contributed by atoms with Gasteiger partial charge in [0.2, 0.25) is 10.0 Å². The van der Waals surface area contributed by atoms with E-state index in [0.29, 0.717) is 53.7 Å². The number of nitrogens with zero attached hydrogens (tertiary/aromatic N) is 1. The number of furan rings is 1. The number of benzene rings is 2. The van der Waals surface area contributed by atoms with E-state index in [0.717, 1.165) is 11.6 Å². The third-order valence-corrected chi connectivity index (χ3v) is 5.25. The monoisotopic (exact) mass is 457 g/mol. The maximum absolute atomic E-state index is 11.4. The normalized spacial score (nSPS) is 12.7. The molecule has 0 bridgehead atoms. The maximum atomic E-state index is 11.4. The summed E-state index contributed by atoms with van der Waals surface area (Å²) in [5.41, 5.74) is 2.33. The second kappa shape index (κ2) is 9.43. The number of aliphatic hydroxyl groups is 1. The average Bonchev–Trinajstić information content (AvgIpc) is 3.41. The van der Waals surface area contributed by atoms with Gasteiger partial charge in [-0.2, -0.15) is 0 Å². The summed E-state index contributed by atoms with van der Waals surface area (Å²) in [4.78, 5) is 0. The third-order valence-electron chi connectivity index (χ3n) is 4.64. The zero-order chi connectivity index (χ0) is 22.6. The molecule has 0 saturated carbocycles. The van der Waals surface area contributed by atoms with E-state index in [-0.39, 0.29) is 0 Å². The molecule has 0 aliphatic carbocycles. The lowest BCUT2D eigenvalue weighted by molar-refractivity contribution is 0.172. The fourth-order valence-electron chi connectivity index (χ4n) is 3.19. The summed E-state index contributed by atoms with van der Waals surface area (Å²) in [5.74, 6) is 1.29. The topological polar surface area (TPSA) is 127 Å². The summed E-state index contributed by atoms with van der Waals surface area (Å²) in [6, 6.07) is 15.9. The van der Waals surface area contributed by atoms with Gasteiger partial charge in [0, 0.05) is 36.3 Å². The van der Waals surface area contributed by atoms with E-state index >= 15 is 0 Å². The lowest BCUT2D eigenvalue weighted by atomic mass is 10.1. The first kappa shape index (κ1) is 21.9. The Kier molecular flexibility index (Phi) is 6.45. The molecule has 9 nitrogen and oxygen atoms in total. The van der Waals surface area contributed by atoms with Gasteiger partial charge in [-0.1, -0.05) is 17.3 Å². The van der Waals surface area contributed by atoms with Gasteiger partial charge in [-0.3, -0.25) is 4.72 Å². The minimum Gasteiger partial charge on any atom is -0.492 e. The maximum Gasteiger partial charge on any atom is 0.229 e. The summed E-state index contributed by atoms with van der Waals surface area (Å²) >= 11 is 0. The first-order chi connectivity index (χ1) is 15.4. The van der Waals surface area contributed by atoms with E-state index in [1.165, 1.54) is 6.26 Å². The van der Waals surface area contributed by atoms with Crippen molar-refractivity contribution in [2.24, 2.45) is 0 Å². The van der Waals surface area contributed by atoms with Crippen molar-refractivity contribution < 1.29 is 27.2 Å². The van der Waals surface area contributed by atoms with Crippen LogP contribution in [-0.4, -0.2) is 44.6 Å². The first-order valence-corrected chi connectivity index (χ1v) is 11.8.